The molecule has 8 nitrogen and oxygen atoms in total. The zero-order valence-corrected chi connectivity index (χ0v) is 20.5. The van der Waals surface area contributed by atoms with Gasteiger partial charge in [-0.25, -0.2) is 4.79 Å². The number of nitrogens with one attached hydrogen (secondary N) is 2. The minimum absolute atomic E-state index is 0.0304. The molecule has 2 saturated heterocycles. The summed E-state index contributed by atoms with van der Waals surface area (Å²) in [6.45, 7) is 1.31. The Bertz CT molecular complexity index is 1130. The Morgan fingerprint density at radius 3 is 2.65 bits per heavy atom. The number of carbonyl (C=O) groups is 2. The molecule has 2 N–H and O–H groups in total. The van der Waals surface area contributed by atoms with Crippen molar-refractivity contribution in [3.8, 4) is 0 Å². The van der Waals surface area contributed by atoms with Crippen LogP contribution in [0.2, 0.25) is 5.02 Å². The van der Waals surface area contributed by atoms with Gasteiger partial charge in [0.2, 0.25) is 11.8 Å². The van der Waals surface area contributed by atoms with Crippen LogP contribution in [0.4, 0.5) is 0 Å². The molecule has 0 spiro atoms. The molecule has 5 rings (SSSR count). The highest BCUT2D eigenvalue weighted by molar-refractivity contribution is 6.31. The summed E-state index contributed by atoms with van der Waals surface area (Å²) >= 11 is 6.13. The molecular weight excluding hydrogens is 454 g/mol. The molecule has 2 aliphatic heterocycles. The number of fused-ring (bicyclic) bond motifs is 2. The van der Waals surface area contributed by atoms with Crippen LogP contribution in [-0.4, -0.2) is 51.1 Å². The Kier molecular flexibility index (Phi) is 6.71. The fourth-order valence-corrected chi connectivity index (χ4v) is 6.22. The average Bonchev–Trinajstić information content (AvgIpc) is 3.08. The van der Waals surface area contributed by atoms with Crippen LogP contribution >= 0.6 is 11.6 Å². The molecule has 0 radical (unpaired) electrons. The monoisotopic (exact) mass is 487 g/mol. The molecule has 2 aromatic rings. The predicted molar refractivity (Wildman–Crippen MR) is 132 cm³/mol. The largest absolute Gasteiger partial charge is 0.343 e. The normalized spacial score (nSPS) is 25.9. The molecule has 3 heterocycles. The molecule has 1 aromatic carbocycles. The standard InChI is InChI=1S/C25H34ClN5O3/c1-29-21-15-16(26)9-10-20(21)31(25(29)34)17-11-13-30(14-12-17)23(32)8-4-7-22-27-19-6-3-2-5-18(19)24(33)28-22/h9-10,15,17-19,22,27H,2-8,11-14H2,1H3,(H,28,33). The number of hydrogen-bond acceptors (Lipinski definition) is 4. The van der Waals surface area contributed by atoms with Gasteiger partial charge in [0.05, 0.1) is 23.1 Å². The van der Waals surface area contributed by atoms with E-state index in [0.29, 0.717) is 24.5 Å². The Morgan fingerprint density at radius 2 is 1.85 bits per heavy atom. The van der Waals surface area contributed by atoms with Crippen molar-refractivity contribution in [2.24, 2.45) is 13.0 Å². The number of imidazole rings is 1. The maximum Gasteiger partial charge on any atom is 0.329 e. The van der Waals surface area contributed by atoms with Crippen LogP contribution in [-0.2, 0) is 16.6 Å². The summed E-state index contributed by atoms with van der Waals surface area (Å²) in [5.74, 6) is 0.445. The molecule has 3 unspecified atom stereocenters. The summed E-state index contributed by atoms with van der Waals surface area (Å²) in [7, 11) is 1.77. The summed E-state index contributed by atoms with van der Waals surface area (Å²) in [5, 5.41) is 7.30. The maximum atomic E-state index is 12.9. The lowest BCUT2D eigenvalue weighted by molar-refractivity contribution is -0.132. The Balaban J connectivity index is 1.12. The highest BCUT2D eigenvalue weighted by atomic mass is 35.5. The second-order valence-electron chi connectivity index (χ2n) is 10.1. The van der Waals surface area contributed by atoms with Crippen LogP contribution < -0.4 is 16.3 Å². The fraction of sp³-hybridized carbons (Fsp3) is 0.640. The number of hydrogen-bond donors (Lipinski definition) is 2. The number of rotatable bonds is 5. The maximum absolute atomic E-state index is 12.9. The first-order valence-corrected chi connectivity index (χ1v) is 13.0. The zero-order valence-electron chi connectivity index (χ0n) is 19.8. The van der Waals surface area contributed by atoms with Gasteiger partial charge >= 0.3 is 5.69 Å². The van der Waals surface area contributed by atoms with E-state index in [4.69, 9.17) is 11.6 Å². The van der Waals surface area contributed by atoms with Crippen molar-refractivity contribution in [1.82, 2.24) is 24.7 Å². The second-order valence-corrected chi connectivity index (χ2v) is 10.5. The molecule has 184 valence electrons. The van der Waals surface area contributed by atoms with Gasteiger partial charge in [0.15, 0.2) is 0 Å². The van der Waals surface area contributed by atoms with Gasteiger partial charge < -0.3 is 10.2 Å². The topological polar surface area (TPSA) is 88.4 Å². The third-order valence-corrected chi connectivity index (χ3v) is 8.19. The van der Waals surface area contributed by atoms with Gasteiger partial charge in [-0.1, -0.05) is 24.4 Å². The van der Waals surface area contributed by atoms with Gasteiger partial charge in [0, 0.05) is 43.7 Å². The smallest absolute Gasteiger partial charge is 0.329 e. The Morgan fingerprint density at radius 1 is 1.09 bits per heavy atom. The molecule has 3 fully saturated rings. The quantitative estimate of drug-likeness (QED) is 0.678. The number of aromatic nitrogens is 2. The second kappa shape index (κ2) is 9.74. The van der Waals surface area contributed by atoms with E-state index in [9.17, 15) is 14.4 Å². The van der Waals surface area contributed by atoms with Crippen LogP contribution in [0, 0.1) is 5.92 Å². The lowest BCUT2D eigenvalue weighted by Gasteiger charge is -2.40. The van der Waals surface area contributed by atoms with E-state index in [2.05, 4.69) is 10.6 Å². The number of carbonyl (C=O) groups excluding carboxylic acids is 2. The summed E-state index contributed by atoms with van der Waals surface area (Å²) in [5.41, 5.74) is 1.69. The van der Waals surface area contributed by atoms with E-state index in [1.54, 1.807) is 11.6 Å². The number of amides is 2. The first kappa shape index (κ1) is 23.4. The lowest BCUT2D eigenvalue weighted by Crippen LogP contribution is -2.62. The van der Waals surface area contributed by atoms with Crippen molar-refractivity contribution < 1.29 is 9.59 Å². The molecule has 3 atom stereocenters. The van der Waals surface area contributed by atoms with Gasteiger partial charge in [0.25, 0.3) is 0 Å². The summed E-state index contributed by atoms with van der Waals surface area (Å²) < 4.78 is 3.51. The van der Waals surface area contributed by atoms with E-state index in [0.717, 1.165) is 56.0 Å². The summed E-state index contributed by atoms with van der Waals surface area (Å²) in [6.07, 6.45) is 7.85. The minimum Gasteiger partial charge on any atom is -0.343 e. The molecule has 9 heteroatoms. The van der Waals surface area contributed by atoms with E-state index in [-0.39, 0.29) is 41.7 Å². The molecule has 34 heavy (non-hydrogen) atoms. The van der Waals surface area contributed by atoms with E-state index < -0.39 is 0 Å². The van der Waals surface area contributed by atoms with Crippen LogP contribution in [0.15, 0.2) is 23.0 Å². The molecule has 1 aliphatic carbocycles. The van der Waals surface area contributed by atoms with Gasteiger partial charge in [-0.05, 0) is 56.7 Å². The zero-order chi connectivity index (χ0) is 23.8. The van der Waals surface area contributed by atoms with Gasteiger partial charge in [-0.15, -0.1) is 0 Å². The number of nitrogens with zero attached hydrogens (tertiary/aromatic N) is 3. The van der Waals surface area contributed by atoms with E-state index >= 15 is 0 Å². The Hall–Kier alpha value is -2.32. The fourth-order valence-electron chi connectivity index (χ4n) is 6.06. The summed E-state index contributed by atoms with van der Waals surface area (Å²) in [4.78, 5) is 40.0. The number of piperidine rings is 1. The number of halogens is 1. The van der Waals surface area contributed by atoms with Crippen molar-refractivity contribution in [3.05, 3.63) is 33.7 Å². The van der Waals surface area contributed by atoms with Gasteiger partial charge in [-0.2, -0.15) is 0 Å². The van der Waals surface area contributed by atoms with Crippen molar-refractivity contribution in [3.63, 3.8) is 0 Å². The van der Waals surface area contributed by atoms with Crippen molar-refractivity contribution in [2.45, 2.75) is 76.0 Å². The van der Waals surface area contributed by atoms with Crippen molar-refractivity contribution >= 4 is 34.4 Å². The minimum atomic E-state index is -0.0377. The molecular formula is C25H34ClN5O3. The first-order valence-electron chi connectivity index (χ1n) is 12.6. The van der Waals surface area contributed by atoms with E-state index in [1.807, 2.05) is 27.7 Å². The SMILES string of the molecule is Cn1c(=O)n(C2CCN(C(=O)CCCC3NC(=O)C4CCCCC4N3)CC2)c2ccc(Cl)cc21. The third-order valence-electron chi connectivity index (χ3n) is 7.95. The highest BCUT2D eigenvalue weighted by Gasteiger charge is 2.37. The summed E-state index contributed by atoms with van der Waals surface area (Å²) in [6, 6.07) is 5.91. The molecule has 1 saturated carbocycles. The molecule has 1 aromatic heterocycles. The average molecular weight is 488 g/mol. The predicted octanol–water partition coefficient (Wildman–Crippen LogP) is 2.93. The van der Waals surface area contributed by atoms with E-state index in [1.165, 1.54) is 6.42 Å². The van der Waals surface area contributed by atoms with Gasteiger partial charge in [-0.3, -0.25) is 24.0 Å². The molecule has 3 aliphatic rings. The number of aryl methyl sites for hydroxylation is 1. The van der Waals surface area contributed by atoms with Crippen molar-refractivity contribution in [2.75, 3.05) is 13.1 Å². The third kappa shape index (κ3) is 4.50. The molecule has 2 amide bonds. The van der Waals surface area contributed by atoms with Gasteiger partial charge in [0.1, 0.15) is 0 Å². The number of likely N-dealkylation sites (tertiary alicyclic amines) is 1. The highest BCUT2D eigenvalue weighted by Crippen LogP contribution is 2.29. The van der Waals surface area contributed by atoms with Crippen molar-refractivity contribution in [1.29, 1.82) is 0 Å². The van der Waals surface area contributed by atoms with Crippen LogP contribution in [0.1, 0.15) is 63.8 Å². The lowest BCUT2D eigenvalue weighted by atomic mass is 9.82. The van der Waals surface area contributed by atoms with Crippen LogP contribution in [0.5, 0.6) is 0 Å². The Labute approximate surface area is 204 Å². The number of benzene rings is 1. The van der Waals surface area contributed by atoms with Crippen LogP contribution in [0.25, 0.3) is 11.0 Å². The molecule has 0 bridgehead atoms. The van der Waals surface area contributed by atoms with Crippen LogP contribution in [0.3, 0.4) is 0 Å². The first-order chi connectivity index (χ1) is 16.4.